The predicted octanol–water partition coefficient (Wildman–Crippen LogP) is 2.47. The van der Waals surface area contributed by atoms with Crippen LogP contribution in [-0.2, 0) is 0 Å². The summed E-state index contributed by atoms with van der Waals surface area (Å²) in [5.74, 6) is 0.754. The van der Waals surface area contributed by atoms with Crippen LogP contribution in [0.3, 0.4) is 0 Å². The van der Waals surface area contributed by atoms with Gasteiger partial charge >= 0.3 is 0 Å². The number of fused-ring (bicyclic) bond motifs is 1. The van der Waals surface area contributed by atoms with Gasteiger partial charge in [0.05, 0.1) is 17.1 Å². The van der Waals surface area contributed by atoms with Crippen LogP contribution in [0.5, 0.6) is 0 Å². The number of hydrogen-bond acceptors (Lipinski definition) is 4. The molecule has 0 spiro atoms. The highest BCUT2D eigenvalue weighted by molar-refractivity contribution is 5.86. The minimum atomic E-state index is 0.273. The molecule has 19 heavy (non-hydrogen) atoms. The van der Waals surface area contributed by atoms with Crippen LogP contribution in [0.15, 0.2) is 30.3 Å². The van der Waals surface area contributed by atoms with Crippen molar-refractivity contribution in [3.8, 4) is 6.07 Å². The van der Waals surface area contributed by atoms with E-state index in [2.05, 4.69) is 28.2 Å². The molecule has 0 radical (unpaired) electrons. The molecule has 0 saturated heterocycles. The van der Waals surface area contributed by atoms with Gasteiger partial charge in [-0.1, -0.05) is 18.2 Å². The van der Waals surface area contributed by atoms with Gasteiger partial charge in [-0.25, -0.2) is 4.98 Å². The van der Waals surface area contributed by atoms with E-state index in [1.807, 2.05) is 44.4 Å². The van der Waals surface area contributed by atoms with E-state index in [1.165, 1.54) is 0 Å². The molecule has 0 saturated carbocycles. The van der Waals surface area contributed by atoms with Crippen LogP contribution in [0.4, 0.5) is 5.82 Å². The van der Waals surface area contributed by atoms with E-state index in [1.54, 1.807) is 0 Å². The lowest BCUT2D eigenvalue weighted by atomic mass is 10.1. The third-order valence-electron chi connectivity index (χ3n) is 2.87. The Morgan fingerprint density at radius 1 is 1.37 bits per heavy atom. The number of pyridine rings is 1. The zero-order valence-corrected chi connectivity index (χ0v) is 11.5. The molecule has 1 aromatic heterocycles. The Bertz CT molecular complexity index is 613. The molecule has 0 aliphatic rings. The van der Waals surface area contributed by atoms with E-state index in [4.69, 9.17) is 0 Å². The number of nitrogens with zero attached hydrogens (tertiary/aromatic N) is 3. The standard InChI is InChI=1S/C15H18N4/c1-11(10-19(2)3)17-15-8-12(9-16)13-6-4-5-7-14(13)18-15/h4-8,11H,10H2,1-3H3,(H,17,18). The third kappa shape index (κ3) is 3.21. The van der Waals surface area contributed by atoms with Gasteiger partial charge < -0.3 is 10.2 Å². The number of nitrogens with one attached hydrogen (secondary N) is 1. The Morgan fingerprint density at radius 2 is 2.11 bits per heavy atom. The maximum Gasteiger partial charge on any atom is 0.128 e. The molecule has 1 atom stereocenters. The van der Waals surface area contributed by atoms with E-state index < -0.39 is 0 Å². The predicted molar refractivity (Wildman–Crippen MR) is 78.1 cm³/mol. The van der Waals surface area contributed by atoms with Crippen molar-refractivity contribution in [1.29, 1.82) is 5.26 Å². The van der Waals surface area contributed by atoms with Crippen LogP contribution in [0.25, 0.3) is 10.9 Å². The van der Waals surface area contributed by atoms with Crippen LogP contribution >= 0.6 is 0 Å². The summed E-state index contributed by atoms with van der Waals surface area (Å²) in [7, 11) is 4.07. The number of likely N-dealkylation sites (N-methyl/N-ethyl adjacent to an activating group) is 1. The largest absolute Gasteiger partial charge is 0.366 e. The summed E-state index contributed by atoms with van der Waals surface area (Å²) in [5.41, 5.74) is 1.51. The Hall–Kier alpha value is -2.12. The van der Waals surface area contributed by atoms with Gasteiger partial charge in [-0.2, -0.15) is 5.26 Å². The fraction of sp³-hybridized carbons (Fsp3) is 0.333. The summed E-state index contributed by atoms with van der Waals surface area (Å²) in [5, 5.41) is 13.5. The highest BCUT2D eigenvalue weighted by Crippen LogP contribution is 2.20. The topological polar surface area (TPSA) is 52.0 Å². The van der Waals surface area contributed by atoms with Crippen LogP contribution in [0.1, 0.15) is 12.5 Å². The molecule has 98 valence electrons. The molecule has 2 rings (SSSR count). The van der Waals surface area contributed by atoms with E-state index in [-0.39, 0.29) is 6.04 Å². The first-order chi connectivity index (χ1) is 9.10. The van der Waals surface area contributed by atoms with Crippen molar-refractivity contribution in [2.24, 2.45) is 0 Å². The van der Waals surface area contributed by atoms with Gasteiger partial charge in [0.2, 0.25) is 0 Å². The Labute approximate surface area is 113 Å². The van der Waals surface area contributed by atoms with E-state index in [9.17, 15) is 5.26 Å². The summed E-state index contributed by atoms with van der Waals surface area (Å²) in [6, 6.07) is 12.0. The molecular formula is C15H18N4. The van der Waals surface area contributed by atoms with Crippen LogP contribution in [-0.4, -0.2) is 36.6 Å². The van der Waals surface area contributed by atoms with Crippen LogP contribution in [0.2, 0.25) is 0 Å². The maximum atomic E-state index is 9.23. The second-order valence-corrected chi connectivity index (χ2v) is 4.99. The highest BCUT2D eigenvalue weighted by atomic mass is 15.1. The Morgan fingerprint density at radius 3 is 2.79 bits per heavy atom. The van der Waals surface area contributed by atoms with E-state index in [0.717, 1.165) is 23.3 Å². The summed E-state index contributed by atoms with van der Waals surface area (Å²) in [4.78, 5) is 6.67. The molecule has 0 fully saturated rings. The first kappa shape index (κ1) is 13.3. The molecule has 0 bridgehead atoms. The zero-order valence-electron chi connectivity index (χ0n) is 11.5. The van der Waals surface area contributed by atoms with E-state index >= 15 is 0 Å². The molecule has 4 nitrogen and oxygen atoms in total. The van der Waals surface area contributed by atoms with Gasteiger partial charge in [-0.05, 0) is 33.2 Å². The number of nitriles is 1. The average molecular weight is 254 g/mol. The number of rotatable bonds is 4. The van der Waals surface area contributed by atoms with Crippen molar-refractivity contribution < 1.29 is 0 Å². The Kier molecular flexibility index (Phi) is 3.98. The monoisotopic (exact) mass is 254 g/mol. The van der Waals surface area contributed by atoms with E-state index in [0.29, 0.717) is 5.56 Å². The van der Waals surface area contributed by atoms with Crippen molar-refractivity contribution in [3.05, 3.63) is 35.9 Å². The second-order valence-electron chi connectivity index (χ2n) is 4.99. The van der Waals surface area contributed by atoms with Crippen LogP contribution < -0.4 is 5.32 Å². The lowest BCUT2D eigenvalue weighted by Crippen LogP contribution is -2.29. The molecule has 0 aliphatic carbocycles. The van der Waals surface area contributed by atoms with Gasteiger partial charge in [0.1, 0.15) is 5.82 Å². The average Bonchev–Trinajstić information content (AvgIpc) is 2.36. The van der Waals surface area contributed by atoms with Crippen LogP contribution in [0, 0.1) is 11.3 Å². The van der Waals surface area contributed by atoms with Gasteiger partial charge in [0, 0.05) is 18.0 Å². The molecule has 1 N–H and O–H groups in total. The second kappa shape index (κ2) is 5.68. The van der Waals surface area contributed by atoms with Gasteiger partial charge in [0.15, 0.2) is 0 Å². The quantitative estimate of drug-likeness (QED) is 0.910. The van der Waals surface area contributed by atoms with Gasteiger partial charge in [-0.3, -0.25) is 0 Å². The molecule has 4 heteroatoms. The zero-order chi connectivity index (χ0) is 13.8. The lowest BCUT2D eigenvalue weighted by Gasteiger charge is -2.19. The summed E-state index contributed by atoms with van der Waals surface area (Å²) < 4.78 is 0. The lowest BCUT2D eigenvalue weighted by molar-refractivity contribution is 0.392. The van der Waals surface area contributed by atoms with Crippen molar-refractivity contribution in [2.45, 2.75) is 13.0 Å². The smallest absolute Gasteiger partial charge is 0.128 e. The van der Waals surface area contributed by atoms with Gasteiger partial charge in [0.25, 0.3) is 0 Å². The summed E-state index contributed by atoms with van der Waals surface area (Å²) >= 11 is 0. The van der Waals surface area contributed by atoms with Gasteiger partial charge in [-0.15, -0.1) is 0 Å². The molecule has 1 aromatic carbocycles. The van der Waals surface area contributed by atoms with Crippen molar-refractivity contribution in [3.63, 3.8) is 0 Å². The number of benzene rings is 1. The number of anilines is 1. The molecule has 1 heterocycles. The van der Waals surface area contributed by atoms with Crippen molar-refractivity contribution >= 4 is 16.7 Å². The third-order valence-corrected chi connectivity index (χ3v) is 2.87. The Balaban J connectivity index is 2.32. The molecule has 0 aliphatic heterocycles. The maximum absolute atomic E-state index is 9.23. The summed E-state index contributed by atoms with van der Waals surface area (Å²) in [6.07, 6.45) is 0. The fourth-order valence-electron chi connectivity index (χ4n) is 2.19. The SMILES string of the molecule is CC(CN(C)C)Nc1cc(C#N)c2ccccc2n1. The molecule has 0 amide bonds. The highest BCUT2D eigenvalue weighted by Gasteiger charge is 2.08. The normalized spacial score (nSPS) is 12.4. The minimum Gasteiger partial charge on any atom is -0.366 e. The molecule has 1 unspecified atom stereocenters. The summed E-state index contributed by atoms with van der Waals surface area (Å²) in [6.45, 7) is 3.01. The fourth-order valence-corrected chi connectivity index (χ4v) is 2.19. The number of aromatic nitrogens is 1. The van der Waals surface area contributed by atoms with Crippen molar-refractivity contribution in [2.75, 3.05) is 26.0 Å². The van der Waals surface area contributed by atoms with Crippen molar-refractivity contribution in [1.82, 2.24) is 9.88 Å². The first-order valence-electron chi connectivity index (χ1n) is 6.31. The molecule has 2 aromatic rings. The number of para-hydroxylation sites is 1. The minimum absolute atomic E-state index is 0.273. The first-order valence-corrected chi connectivity index (χ1v) is 6.31. The molecular weight excluding hydrogens is 236 g/mol. The number of hydrogen-bond donors (Lipinski definition) is 1.